The molecule has 172 valence electrons. The molecule has 1 nitrogen and oxygen atoms in total. The minimum Gasteiger partial charge on any atom is -0.356 e. The second-order valence-corrected chi connectivity index (χ2v) is 9.29. The van der Waals surface area contributed by atoms with Crippen LogP contribution in [0.25, 0.3) is 0 Å². The van der Waals surface area contributed by atoms with Gasteiger partial charge in [-0.1, -0.05) is 96.8 Å². The van der Waals surface area contributed by atoms with Crippen LogP contribution < -0.4 is 5.32 Å². The van der Waals surface area contributed by atoms with Gasteiger partial charge in [0.2, 0.25) is 0 Å². The Hall–Kier alpha value is -1.76. The largest absolute Gasteiger partial charge is 0.356 e. The van der Waals surface area contributed by atoms with Crippen molar-refractivity contribution in [1.29, 1.82) is 0 Å². The summed E-state index contributed by atoms with van der Waals surface area (Å²) in [4.78, 5) is 0. The molecule has 2 aromatic rings. The average molecular weight is 422 g/mol. The summed E-state index contributed by atoms with van der Waals surface area (Å²) in [6.07, 6.45) is 19.5. The van der Waals surface area contributed by atoms with E-state index in [1.54, 1.807) is 0 Å². The molecule has 0 aliphatic rings. The van der Waals surface area contributed by atoms with E-state index in [4.69, 9.17) is 0 Å². The maximum Gasteiger partial charge on any atom is 0.0389 e. The summed E-state index contributed by atoms with van der Waals surface area (Å²) in [5, 5.41) is 3.69. The molecule has 1 heteroatoms. The first-order chi connectivity index (χ1) is 15.2. The third-order valence-corrected chi connectivity index (χ3v) is 6.25. The van der Waals surface area contributed by atoms with Crippen LogP contribution >= 0.6 is 0 Å². The predicted octanol–water partition coefficient (Wildman–Crippen LogP) is 9.80. The second-order valence-electron chi connectivity index (χ2n) is 9.29. The molecule has 31 heavy (non-hydrogen) atoms. The van der Waals surface area contributed by atoms with Crippen molar-refractivity contribution in [2.24, 2.45) is 0 Å². The highest BCUT2D eigenvalue weighted by atomic mass is 14.9. The van der Waals surface area contributed by atoms with E-state index in [-0.39, 0.29) is 0 Å². The van der Waals surface area contributed by atoms with Crippen LogP contribution in [0.1, 0.15) is 115 Å². The van der Waals surface area contributed by atoms with Crippen LogP contribution in [0.3, 0.4) is 0 Å². The number of hydrogen-bond acceptors (Lipinski definition) is 1. The van der Waals surface area contributed by atoms with Gasteiger partial charge in [-0.3, -0.25) is 0 Å². The van der Waals surface area contributed by atoms with Crippen molar-refractivity contribution in [2.75, 3.05) is 5.32 Å². The van der Waals surface area contributed by atoms with Gasteiger partial charge in [0, 0.05) is 11.4 Å². The standard InChI is InChI=1S/C30H47N/c1-4-7-10-13-16-26-19-21-29(22-20-26)31-30-24-27(17-14-11-8-5-2)23-28(25-30)18-15-12-9-6-3/h19-25,31H,4-18H2,1-3H3. The molecule has 0 saturated heterocycles. The van der Waals surface area contributed by atoms with Crippen LogP contribution in [0, 0.1) is 0 Å². The van der Waals surface area contributed by atoms with Crippen LogP contribution in [0.4, 0.5) is 11.4 Å². The van der Waals surface area contributed by atoms with Gasteiger partial charge in [0.25, 0.3) is 0 Å². The Morgan fingerprint density at radius 2 is 0.903 bits per heavy atom. The molecule has 0 aliphatic heterocycles. The van der Waals surface area contributed by atoms with Gasteiger partial charge in [-0.2, -0.15) is 0 Å². The number of unbranched alkanes of at least 4 members (excludes halogenated alkanes) is 9. The lowest BCUT2D eigenvalue weighted by Gasteiger charge is -2.13. The van der Waals surface area contributed by atoms with Crippen molar-refractivity contribution in [1.82, 2.24) is 0 Å². The van der Waals surface area contributed by atoms with Crippen LogP contribution in [-0.2, 0) is 19.3 Å². The second kappa shape index (κ2) is 16.0. The molecule has 1 N–H and O–H groups in total. The van der Waals surface area contributed by atoms with E-state index in [0.29, 0.717) is 0 Å². The molecule has 0 atom stereocenters. The summed E-state index contributed by atoms with van der Waals surface area (Å²) >= 11 is 0. The highest BCUT2D eigenvalue weighted by molar-refractivity contribution is 5.61. The Labute approximate surface area is 193 Å². The van der Waals surface area contributed by atoms with Crippen LogP contribution in [0.2, 0.25) is 0 Å². The lowest BCUT2D eigenvalue weighted by atomic mass is 9.99. The van der Waals surface area contributed by atoms with Gasteiger partial charge in [-0.25, -0.2) is 0 Å². The molecule has 0 aliphatic carbocycles. The number of anilines is 2. The van der Waals surface area contributed by atoms with Gasteiger partial charge in [0.1, 0.15) is 0 Å². The minimum absolute atomic E-state index is 1.20. The average Bonchev–Trinajstić information content (AvgIpc) is 2.78. The zero-order valence-corrected chi connectivity index (χ0v) is 20.6. The van der Waals surface area contributed by atoms with Crippen molar-refractivity contribution in [3.63, 3.8) is 0 Å². The molecule has 0 bridgehead atoms. The molecule has 0 radical (unpaired) electrons. The summed E-state index contributed by atoms with van der Waals surface area (Å²) in [5.41, 5.74) is 6.92. The van der Waals surface area contributed by atoms with E-state index in [9.17, 15) is 0 Å². The highest BCUT2D eigenvalue weighted by Crippen LogP contribution is 2.23. The third-order valence-electron chi connectivity index (χ3n) is 6.25. The lowest BCUT2D eigenvalue weighted by Crippen LogP contribution is -1.97. The summed E-state index contributed by atoms with van der Waals surface area (Å²) < 4.78 is 0. The SMILES string of the molecule is CCCCCCc1ccc(Nc2cc(CCCCCC)cc(CCCCCC)c2)cc1. The third kappa shape index (κ3) is 10.9. The van der Waals surface area contributed by atoms with Crippen LogP contribution in [-0.4, -0.2) is 0 Å². The molecule has 2 rings (SSSR count). The minimum atomic E-state index is 1.20. The normalized spacial score (nSPS) is 11.1. The number of rotatable bonds is 17. The Balaban J connectivity index is 1.99. The Morgan fingerprint density at radius 1 is 0.452 bits per heavy atom. The predicted molar refractivity (Wildman–Crippen MR) is 140 cm³/mol. The first-order valence-electron chi connectivity index (χ1n) is 13.2. The molecular weight excluding hydrogens is 374 g/mol. The van der Waals surface area contributed by atoms with Crippen molar-refractivity contribution in [2.45, 2.75) is 117 Å². The summed E-state index contributed by atoms with van der Waals surface area (Å²) in [6.45, 7) is 6.85. The van der Waals surface area contributed by atoms with Gasteiger partial charge in [-0.15, -0.1) is 0 Å². The number of hydrogen-bond donors (Lipinski definition) is 1. The van der Waals surface area contributed by atoms with E-state index in [1.165, 1.54) is 124 Å². The molecule has 0 aromatic heterocycles. The molecule has 0 spiro atoms. The maximum absolute atomic E-state index is 3.69. The number of benzene rings is 2. The van der Waals surface area contributed by atoms with Gasteiger partial charge in [0.05, 0.1) is 0 Å². The molecule has 2 aromatic carbocycles. The highest BCUT2D eigenvalue weighted by Gasteiger charge is 2.04. The fourth-order valence-electron chi connectivity index (χ4n) is 4.31. The first kappa shape index (κ1) is 25.5. The van der Waals surface area contributed by atoms with E-state index < -0.39 is 0 Å². The van der Waals surface area contributed by atoms with Crippen molar-refractivity contribution in [3.05, 3.63) is 59.2 Å². The Morgan fingerprint density at radius 3 is 1.35 bits per heavy atom. The molecule has 0 heterocycles. The Kier molecular flexibility index (Phi) is 13.1. The lowest BCUT2D eigenvalue weighted by molar-refractivity contribution is 0.661. The van der Waals surface area contributed by atoms with Crippen LogP contribution in [0.15, 0.2) is 42.5 Å². The van der Waals surface area contributed by atoms with Gasteiger partial charge >= 0.3 is 0 Å². The van der Waals surface area contributed by atoms with Gasteiger partial charge in [0.15, 0.2) is 0 Å². The summed E-state index contributed by atoms with van der Waals surface area (Å²) in [5.74, 6) is 0. The van der Waals surface area contributed by atoms with Gasteiger partial charge in [-0.05, 0) is 79.5 Å². The van der Waals surface area contributed by atoms with E-state index in [0.717, 1.165) is 0 Å². The zero-order valence-electron chi connectivity index (χ0n) is 20.6. The Bertz CT molecular complexity index is 671. The molecular formula is C30H47N. The fraction of sp³-hybridized carbons (Fsp3) is 0.600. The van der Waals surface area contributed by atoms with Crippen LogP contribution in [0.5, 0.6) is 0 Å². The topological polar surface area (TPSA) is 12.0 Å². The van der Waals surface area contributed by atoms with E-state index in [1.807, 2.05) is 0 Å². The fourth-order valence-corrected chi connectivity index (χ4v) is 4.31. The van der Waals surface area contributed by atoms with E-state index >= 15 is 0 Å². The quantitative estimate of drug-likeness (QED) is 0.251. The summed E-state index contributed by atoms with van der Waals surface area (Å²) in [6, 6.07) is 16.3. The van der Waals surface area contributed by atoms with Crippen molar-refractivity contribution < 1.29 is 0 Å². The van der Waals surface area contributed by atoms with Gasteiger partial charge < -0.3 is 5.32 Å². The molecule has 0 unspecified atom stereocenters. The molecule has 0 amide bonds. The number of aryl methyl sites for hydroxylation is 3. The van der Waals surface area contributed by atoms with Crippen molar-refractivity contribution in [3.8, 4) is 0 Å². The maximum atomic E-state index is 3.69. The summed E-state index contributed by atoms with van der Waals surface area (Å²) in [7, 11) is 0. The van der Waals surface area contributed by atoms with E-state index in [2.05, 4.69) is 68.6 Å². The zero-order chi connectivity index (χ0) is 22.2. The smallest absolute Gasteiger partial charge is 0.0389 e. The first-order valence-corrected chi connectivity index (χ1v) is 13.2. The monoisotopic (exact) mass is 421 g/mol. The molecule has 0 saturated carbocycles. The molecule has 0 fully saturated rings. The van der Waals surface area contributed by atoms with Crippen molar-refractivity contribution >= 4 is 11.4 Å². The number of nitrogens with one attached hydrogen (secondary N) is 1.